The molecule has 6 nitrogen and oxygen atoms in total. The highest BCUT2D eigenvalue weighted by molar-refractivity contribution is 6.33. The molecule has 3 aromatic rings. The molecule has 0 unspecified atom stereocenters. The van der Waals surface area contributed by atoms with Crippen LogP contribution >= 0.6 is 11.6 Å². The summed E-state index contributed by atoms with van der Waals surface area (Å²) in [5.41, 5.74) is -0.137. The Kier molecular flexibility index (Phi) is 7.91. The molecule has 176 valence electrons. The molecule has 0 aromatic heterocycles. The predicted molar refractivity (Wildman–Crippen MR) is 123 cm³/mol. The van der Waals surface area contributed by atoms with Crippen LogP contribution in [0.4, 0.5) is 24.5 Å². The van der Waals surface area contributed by atoms with Crippen molar-refractivity contribution in [2.24, 2.45) is 0 Å². The quantitative estimate of drug-likeness (QED) is 0.417. The molecule has 0 aliphatic heterocycles. The van der Waals surface area contributed by atoms with Gasteiger partial charge in [-0.05, 0) is 48.5 Å². The maximum Gasteiger partial charge on any atom is 0.416 e. The van der Waals surface area contributed by atoms with E-state index >= 15 is 0 Å². The lowest BCUT2D eigenvalue weighted by Gasteiger charge is -2.11. The lowest BCUT2D eigenvalue weighted by Crippen LogP contribution is -2.27. The molecule has 0 fully saturated rings. The summed E-state index contributed by atoms with van der Waals surface area (Å²) < 4.78 is 38.6. The number of hydrogen-bond acceptors (Lipinski definition) is 3. The summed E-state index contributed by atoms with van der Waals surface area (Å²) >= 11 is 5.96. The van der Waals surface area contributed by atoms with Gasteiger partial charge in [0.15, 0.2) is 0 Å². The number of benzene rings is 3. The molecule has 10 heteroatoms. The Bertz CT molecular complexity index is 1220. The van der Waals surface area contributed by atoms with E-state index in [9.17, 15) is 27.6 Å². The summed E-state index contributed by atoms with van der Waals surface area (Å²) in [5.74, 6) is -1.45. The van der Waals surface area contributed by atoms with Crippen LogP contribution in [-0.2, 0) is 11.0 Å². The SMILES string of the molecule is O=C(CCNC(=O)c1ccccc1Cl)Nc1cccc(C(=O)Nc2cccc(C(F)(F)F)c2)c1. The van der Waals surface area contributed by atoms with Crippen LogP contribution in [0.5, 0.6) is 0 Å². The van der Waals surface area contributed by atoms with Gasteiger partial charge in [0.25, 0.3) is 11.8 Å². The third kappa shape index (κ3) is 6.82. The van der Waals surface area contributed by atoms with E-state index in [0.717, 1.165) is 12.1 Å². The fourth-order valence-electron chi connectivity index (χ4n) is 2.97. The summed E-state index contributed by atoms with van der Waals surface area (Å²) in [7, 11) is 0. The minimum atomic E-state index is -4.53. The molecule has 3 rings (SSSR count). The van der Waals surface area contributed by atoms with Gasteiger partial charge in [0.1, 0.15) is 0 Å². The third-order valence-corrected chi connectivity index (χ3v) is 4.94. The van der Waals surface area contributed by atoms with Crippen molar-refractivity contribution in [3.8, 4) is 0 Å². The van der Waals surface area contributed by atoms with Crippen molar-refractivity contribution in [1.82, 2.24) is 5.32 Å². The fraction of sp³-hybridized carbons (Fsp3) is 0.125. The van der Waals surface area contributed by atoms with E-state index in [1.165, 1.54) is 30.3 Å². The van der Waals surface area contributed by atoms with Gasteiger partial charge in [-0.3, -0.25) is 14.4 Å². The highest BCUT2D eigenvalue weighted by atomic mass is 35.5. The predicted octanol–water partition coefficient (Wildman–Crippen LogP) is 5.37. The Balaban J connectivity index is 1.54. The Morgan fingerprint density at radius 3 is 2.18 bits per heavy atom. The van der Waals surface area contributed by atoms with Crippen LogP contribution < -0.4 is 16.0 Å². The lowest BCUT2D eigenvalue weighted by molar-refractivity contribution is -0.137. The van der Waals surface area contributed by atoms with Gasteiger partial charge >= 0.3 is 6.18 Å². The van der Waals surface area contributed by atoms with Gasteiger partial charge in [0.05, 0.1) is 16.1 Å². The molecule has 3 amide bonds. The maximum absolute atomic E-state index is 12.9. The molecule has 0 heterocycles. The Morgan fingerprint density at radius 2 is 1.47 bits per heavy atom. The Morgan fingerprint density at radius 1 is 0.794 bits per heavy atom. The molecule has 34 heavy (non-hydrogen) atoms. The minimum Gasteiger partial charge on any atom is -0.351 e. The van der Waals surface area contributed by atoms with Crippen LogP contribution in [0.3, 0.4) is 0 Å². The Hall–Kier alpha value is -3.85. The monoisotopic (exact) mass is 489 g/mol. The number of carbonyl (C=O) groups is 3. The number of carbonyl (C=O) groups excluding carboxylic acids is 3. The van der Waals surface area contributed by atoms with Crippen molar-refractivity contribution < 1.29 is 27.6 Å². The average Bonchev–Trinajstić information content (AvgIpc) is 2.79. The normalized spacial score (nSPS) is 10.9. The van der Waals surface area contributed by atoms with Crippen molar-refractivity contribution in [3.05, 3.63) is 94.5 Å². The number of hydrogen-bond donors (Lipinski definition) is 3. The summed E-state index contributed by atoms with van der Waals surface area (Å²) in [6, 6.07) is 16.7. The van der Waals surface area contributed by atoms with Crippen LogP contribution in [0, 0.1) is 0 Å². The van der Waals surface area contributed by atoms with Gasteiger partial charge in [-0.25, -0.2) is 0 Å². The van der Waals surface area contributed by atoms with E-state index in [4.69, 9.17) is 11.6 Å². The molecule has 3 N–H and O–H groups in total. The van der Waals surface area contributed by atoms with Gasteiger partial charge in [-0.15, -0.1) is 0 Å². The molecule has 0 spiro atoms. The van der Waals surface area contributed by atoms with Gasteiger partial charge in [0, 0.05) is 29.9 Å². The maximum atomic E-state index is 12.9. The molecule has 0 saturated carbocycles. The van der Waals surface area contributed by atoms with E-state index in [1.807, 2.05) is 0 Å². The van der Waals surface area contributed by atoms with Crippen molar-refractivity contribution in [2.75, 3.05) is 17.2 Å². The molecule has 0 saturated heterocycles. The molecule has 0 bridgehead atoms. The summed E-state index contributed by atoms with van der Waals surface area (Å²) in [4.78, 5) is 36.8. The zero-order chi connectivity index (χ0) is 24.7. The van der Waals surface area contributed by atoms with E-state index < -0.39 is 29.5 Å². The second-order valence-corrected chi connectivity index (χ2v) is 7.55. The number of halogens is 4. The number of rotatable bonds is 7. The highest BCUT2D eigenvalue weighted by Gasteiger charge is 2.30. The van der Waals surface area contributed by atoms with Crippen molar-refractivity contribution in [3.63, 3.8) is 0 Å². The largest absolute Gasteiger partial charge is 0.416 e. The molecule has 0 atom stereocenters. The van der Waals surface area contributed by atoms with E-state index in [-0.39, 0.29) is 24.2 Å². The van der Waals surface area contributed by atoms with Gasteiger partial charge in [0.2, 0.25) is 5.91 Å². The Labute approximate surface area is 198 Å². The average molecular weight is 490 g/mol. The summed E-state index contributed by atoms with van der Waals surface area (Å²) in [6.07, 6.45) is -4.56. The van der Waals surface area contributed by atoms with Crippen LogP contribution in [0.25, 0.3) is 0 Å². The van der Waals surface area contributed by atoms with Crippen LogP contribution in [0.1, 0.15) is 32.7 Å². The van der Waals surface area contributed by atoms with Crippen LogP contribution in [0.15, 0.2) is 72.8 Å². The van der Waals surface area contributed by atoms with Crippen LogP contribution in [0.2, 0.25) is 5.02 Å². The van der Waals surface area contributed by atoms with Crippen molar-refractivity contribution >= 4 is 40.7 Å². The number of anilines is 2. The molecule has 0 aliphatic carbocycles. The van der Waals surface area contributed by atoms with Gasteiger partial charge in [-0.2, -0.15) is 13.2 Å². The molecular formula is C24H19ClF3N3O3. The second kappa shape index (κ2) is 10.8. The molecule has 0 radical (unpaired) electrons. The van der Waals surface area contributed by atoms with Crippen molar-refractivity contribution in [2.45, 2.75) is 12.6 Å². The standard InChI is InChI=1S/C24H19ClF3N3O3/c25-20-10-2-1-9-19(20)23(34)29-12-11-21(32)30-17-7-3-5-15(13-17)22(33)31-18-8-4-6-16(14-18)24(26,27)28/h1-10,13-14H,11-12H2,(H,29,34)(H,30,32)(H,31,33). The number of amides is 3. The second-order valence-electron chi connectivity index (χ2n) is 7.15. The van der Waals surface area contributed by atoms with Gasteiger partial charge in [-0.1, -0.05) is 35.9 Å². The first-order valence-electron chi connectivity index (χ1n) is 10.0. The number of alkyl halides is 3. The van der Waals surface area contributed by atoms with E-state index in [1.54, 1.807) is 30.3 Å². The highest BCUT2D eigenvalue weighted by Crippen LogP contribution is 2.30. The zero-order valence-corrected chi connectivity index (χ0v) is 18.3. The van der Waals surface area contributed by atoms with Crippen molar-refractivity contribution in [1.29, 1.82) is 0 Å². The fourth-order valence-corrected chi connectivity index (χ4v) is 3.19. The van der Waals surface area contributed by atoms with Crippen LogP contribution in [-0.4, -0.2) is 24.3 Å². The first-order chi connectivity index (χ1) is 16.1. The molecular weight excluding hydrogens is 471 g/mol. The number of nitrogens with one attached hydrogen (secondary N) is 3. The summed E-state index contributed by atoms with van der Waals surface area (Å²) in [5, 5.41) is 7.91. The van der Waals surface area contributed by atoms with E-state index in [2.05, 4.69) is 16.0 Å². The lowest BCUT2D eigenvalue weighted by atomic mass is 10.1. The topological polar surface area (TPSA) is 87.3 Å². The third-order valence-electron chi connectivity index (χ3n) is 4.61. The summed E-state index contributed by atoms with van der Waals surface area (Å²) in [6.45, 7) is 0.0611. The first-order valence-corrected chi connectivity index (χ1v) is 10.4. The zero-order valence-electron chi connectivity index (χ0n) is 17.6. The molecule has 0 aliphatic rings. The van der Waals surface area contributed by atoms with Gasteiger partial charge < -0.3 is 16.0 Å². The minimum absolute atomic E-state index is 0.0106. The molecule has 3 aromatic carbocycles. The first kappa shape index (κ1) is 24.8. The van der Waals surface area contributed by atoms with E-state index in [0.29, 0.717) is 16.3 Å². The smallest absolute Gasteiger partial charge is 0.351 e.